The molecule has 0 amide bonds. The van der Waals surface area contributed by atoms with Crippen LogP contribution in [0.1, 0.15) is 51.2 Å². The molecule has 3 aromatic heterocycles. The standard InChI is InChI=1S/C28H26N4S/c1-15(2)27-29-14-23(31-27)18-7-5-17(6-8-18)19-9-10-20-21-11-12-22-25(26(21)33-24(20)13-19)32-28(30-22)16(3)4/h5-16H,1-4H3,(H,29,31)(H,30,32). The quantitative estimate of drug-likeness (QED) is 0.284. The molecule has 33 heavy (non-hydrogen) atoms. The minimum Gasteiger partial charge on any atom is -0.342 e. The molecule has 2 N–H and O–H groups in total. The number of nitrogens with zero attached hydrogens (tertiary/aromatic N) is 2. The summed E-state index contributed by atoms with van der Waals surface area (Å²) in [6.45, 7) is 8.65. The molecule has 0 aliphatic rings. The van der Waals surface area contributed by atoms with Gasteiger partial charge in [0.05, 0.1) is 22.1 Å². The maximum atomic E-state index is 4.91. The molecule has 0 spiro atoms. The Morgan fingerprint density at radius 3 is 2.15 bits per heavy atom. The van der Waals surface area contributed by atoms with Crippen LogP contribution in [0.15, 0.2) is 60.8 Å². The third-order valence-electron chi connectivity index (χ3n) is 6.33. The average molecular weight is 451 g/mol. The zero-order valence-electron chi connectivity index (χ0n) is 19.2. The van der Waals surface area contributed by atoms with E-state index >= 15 is 0 Å². The SMILES string of the molecule is CC(C)c1ncc(-c2ccc(-c3ccc4c(c3)sc3c4ccc4[nH]c(C(C)C)nc43)cc2)[nH]1. The lowest BCUT2D eigenvalue weighted by molar-refractivity contribution is 0.795. The van der Waals surface area contributed by atoms with Crippen molar-refractivity contribution < 1.29 is 0 Å². The highest BCUT2D eigenvalue weighted by Gasteiger charge is 2.14. The first kappa shape index (κ1) is 20.2. The van der Waals surface area contributed by atoms with E-state index in [1.165, 1.54) is 31.3 Å². The van der Waals surface area contributed by atoms with Gasteiger partial charge in [0.2, 0.25) is 0 Å². The Labute approximate surface area is 196 Å². The maximum Gasteiger partial charge on any atom is 0.109 e. The van der Waals surface area contributed by atoms with Crippen LogP contribution < -0.4 is 0 Å². The van der Waals surface area contributed by atoms with E-state index in [0.717, 1.165) is 33.9 Å². The number of benzene rings is 3. The van der Waals surface area contributed by atoms with E-state index in [0.29, 0.717) is 11.8 Å². The highest BCUT2D eigenvalue weighted by Crippen LogP contribution is 2.40. The summed E-state index contributed by atoms with van der Waals surface area (Å²) in [7, 11) is 0. The van der Waals surface area contributed by atoms with Crippen molar-refractivity contribution in [3.63, 3.8) is 0 Å². The molecule has 5 heteroatoms. The highest BCUT2D eigenvalue weighted by molar-refractivity contribution is 7.26. The van der Waals surface area contributed by atoms with Crippen molar-refractivity contribution in [3.05, 3.63) is 72.4 Å². The number of imidazole rings is 2. The van der Waals surface area contributed by atoms with Crippen LogP contribution in [-0.2, 0) is 0 Å². The number of nitrogens with one attached hydrogen (secondary N) is 2. The van der Waals surface area contributed by atoms with E-state index < -0.39 is 0 Å². The van der Waals surface area contributed by atoms with Gasteiger partial charge in [-0.2, -0.15) is 0 Å². The predicted octanol–water partition coefficient (Wildman–Crippen LogP) is 8.23. The van der Waals surface area contributed by atoms with Gasteiger partial charge in [-0.05, 0) is 28.8 Å². The van der Waals surface area contributed by atoms with E-state index in [1.54, 1.807) is 0 Å². The molecule has 0 fully saturated rings. The van der Waals surface area contributed by atoms with Gasteiger partial charge in [-0.1, -0.05) is 70.2 Å². The molecule has 3 aromatic carbocycles. The van der Waals surface area contributed by atoms with Crippen LogP contribution >= 0.6 is 11.3 Å². The van der Waals surface area contributed by atoms with E-state index in [-0.39, 0.29) is 0 Å². The fourth-order valence-corrected chi connectivity index (χ4v) is 5.63. The van der Waals surface area contributed by atoms with Gasteiger partial charge in [0.25, 0.3) is 0 Å². The molecule has 164 valence electrons. The van der Waals surface area contributed by atoms with Crippen molar-refractivity contribution in [1.82, 2.24) is 19.9 Å². The molecule has 0 atom stereocenters. The Morgan fingerprint density at radius 1 is 0.727 bits per heavy atom. The van der Waals surface area contributed by atoms with Gasteiger partial charge in [0.15, 0.2) is 0 Å². The molecule has 6 rings (SSSR count). The van der Waals surface area contributed by atoms with Crippen molar-refractivity contribution in [2.75, 3.05) is 0 Å². The van der Waals surface area contributed by atoms with E-state index in [2.05, 4.69) is 97.2 Å². The molecule has 0 radical (unpaired) electrons. The summed E-state index contributed by atoms with van der Waals surface area (Å²) in [5.41, 5.74) is 6.87. The van der Waals surface area contributed by atoms with E-state index in [4.69, 9.17) is 4.98 Å². The van der Waals surface area contributed by atoms with Gasteiger partial charge in [0, 0.05) is 27.3 Å². The van der Waals surface area contributed by atoms with Gasteiger partial charge in [0.1, 0.15) is 17.2 Å². The fraction of sp³-hybridized carbons (Fsp3) is 0.214. The van der Waals surface area contributed by atoms with Crippen molar-refractivity contribution in [2.45, 2.75) is 39.5 Å². The first-order chi connectivity index (χ1) is 16.0. The monoisotopic (exact) mass is 450 g/mol. The summed E-state index contributed by atoms with van der Waals surface area (Å²) in [6, 6.07) is 19.9. The maximum absolute atomic E-state index is 4.91. The molecule has 0 saturated carbocycles. The molecular weight excluding hydrogens is 424 g/mol. The zero-order valence-corrected chi connectivity index (χ0v) is 20.0. The van der Waals surface area contributed by atoms with Crippen LogP contribution in [0.3, 0.4) is 0 Å². The summed E-state index contributed by atoms with van der Waals surface area (Å²) >= 11 is 1.83. The molecular formula is C28H26N4S. The summed E-state index contributed by atoms with van der Waals surface area (Å²) in [6.07, 6.45) is 1.92. The number of aromatic nitrogens is 4. The van der Waals surface area contributed by atoms with Crippen LogP contribution in [-0.4, -0.2) is 19.9 Å². The van der Waals surface area contributed by atoms with Gasteiger partial charge < -0.3 is 9.97 Å². The summed E-state index contributed by atoms with van der Waals surface area (Å²) in [5.74, 6) is 2.85. The summed E-state index contributed by atoms with van der Waals surface area (Å²) in [4.78, 5) is 16.3. The number of rotatable bonds is 4. The molecule has 0 unspecified atom stereocenters. The van der Waals surface area contributed by atoms with Gasteiger partial charge >= 0.3 is 0 Å². The van der Waals surface area contributed by atoms with Crippen LogP contribution in [0, 0.1) is 0 Å². The highest BCUT2D eigenvalue weighted by atomic mass is 32.1. The van der Waals surface area contributed by atoms with Crippen LogP contribution in [0.25, 0.3) is 53.6 Å². The molecule has 0 aliphatic carbocycles. The van der Waals surface area contributed by atoms with Crippen molar-refractivity contribution >= 4 is 42.5 Å². The third-order valence-corrected chi connectivity index (χ3v) is 7.50. The number of hydrogen-bond donors (Lipinski definition) is 2. The molecule has 0 aliphatic heterocycles. The van der Waals surface area contributed by atoms with Crippen LogP contribution in [0.5, 0.6) is 0 Å². The first-order valence-corrected chi connectivity index (χ1v) is 12.3. The fourth-order valence-electron chi connectivity index (χ4n) is 4.40. The first-order valence-electron chi connectivity index (χ1n) is 11.5. The topological polar surface area (TPSA) is 57.4 Å². The summed E-state index contributed by atoms with van der Waals surface area (Å²) in [5, 5.41) is 2.58. The van der Waals surface area contributed by atoms with Crippen molar-refractivity contribution in [2.24, 2.45) is 0 Å². The molecule has 0 saturated heterocycles. The number of thiophene rings is 1. The van der Waals surface area contributed by atoms with Crippen LogP contribution in [0.2, 0.25) is 0 Å². The molecule has 3 heterocycles. The average Bonchev–Trinajstić information content (AvgIpc) is 3.54. The minimum absolute atomic E-state index is 0.384. The Kier molecular flexibility index (Phi) is 4.63. The second kappa shape index (κ2) is 7.56. The Hall–Kier alpha value is -3.44. The van der Waals surface area contributed by atoms with Gasteiger partial charge in [-0.15, -0.1) is 11.3 Å². The third kappa shape index (κ3) is 3.35. The Bertz CT molecular complexity index is 1610. The lowest BCUT2D eigenvalue weighted by Crippen LogP contribution is -1.89. The van der Waals surface area contributed by atoms with Gasteiger partial charge in [-0.25, -0.2) is 9.97 Å². The minimum atomic E-state index is 0.384. The zero-order chi connectivity index (χ0) is 22.7. The smallest absolute Gasteiger partial charge is 0.109 e. The Balaban J connectivity index is 1.40. The lowest BCUT2D eigenvalue weighted by Gasteiger charge is -2.04. The van der Waals surface area contributed by atoms with E-state index in [9.17, 15) is 0 Å². The van der Waals surface area contributed by atoms with Gasteiger partial charge in [-0.3, -0.25) is 0 Å². The lowest BCUT2D eigenvalue weighted by atomic mass is 10.0. The molecule has 0 bridgehead atoms. The number of hydrogen-bond acceptors (Lipinski definition) is 3. The Morgan fingerprint density at radius 2 is 1.42 bits per heavy atom. The van der Waals surface area contributed by atoms with Crippen molar-refractivity contribution in [1.29, 1.82) is 0 Å². The second-order valence-electron chi connectivity index (χ2n) is 9.34. The molecule has 6 aromatic rings. The van der Waals surface area contributed by atoms with Crippen LogP contribution in [0.4, 0.5) is 0 Å². The predicted molar refractivity (Wildman–Crippen MR) is 140 cm³/mol. The second-order valence-corrected chi connectivity index (χ2v) is 10.4. The largest absolute Gasteiger partial charge is 0.342 e. The van der Waals surface area contributed by atoms with E-state index in [1.807, 2.05) is 17.5 Å². The number of aromatic amines is 2. The number of H-pyrrole nitrogens is 2. The number of fused-ring (bicyclic) bond motifs is 5. The summed E-state index contributed by atoms with van der Waals surface area (Å²) < 4.78 is 2.56. The van der Waals surface area contributed by atoms with Crippen molar-refractivity contribution in [3.8, 4) is 22.4 Å². The molecule has 4 nitrogen and oxygen atoms in total. The normalized spacial score (nSPS) is 12.2.